The van der Waals surface area contributed by atoms with Gasteiger partial charge in [-0.1, -0.05) is 36.4 Å². The van der Waals surface area contributed by atoms with Crippen LogP contribution in [0.1, 0.15) is 33.5 Å². The van der Waals surface area contributed by atoms with Gasteiger partial charge in [-0.25, -0.2) is 0 Å². The molecule has 2 aromatic carbocycles. The van der Waals surface area contributed by atoms with Crippen LogP contribution in [0.15, 0.2) is 54.1 Å². The van der Waals surface area contributed by atoms with Crippen LogP contribution in [0.3, 0.4) is 0 Å². The van der Waals surface area contributed by atoms with Crippen molar-refractivity contribution in [3.8, 4) is 0 Å². The lowest BCUT2D eigenvalue weighted by Crippen LogP contribution is -2.13. The summed E-state index contributed by atoms with van der Waals surface area (Å²) in [5, 5.41) is 0. The van der Waals surface area contributed by atoms with Gasteiger partial charge in [0, 0.05) is 11.1 Å². The maximum atomic E-state index is 12.5. The van der Waals surface area contributed by atoms with E-state index in [1.165, 1.54) is 12.1 Å². The Morgan fingerprint density at radius 1 is 0.909 bits per heavy atom. The van der Waals surface area contributed by atoms with Crippen LogP contribution in [0.25, 0.3) is 6.08 Å². The van der Waals surface area contributed by atoms with Gasteiger partial charge in [-0.2, -0.15) is 13.2 Å². The number of alkyl halides is 3. The molecule has 112 valence electrons. The Morgan fingerprint density at radius 2 is 1.59 bits per heavy atom. The number of Topliss-reactive ketones (excluding diaryl/α,β-unsaturated/α-hetero) is 1. The summed E-state index contributed by atoms with van der Waals surface area (Å²) in [6.07, 6.45) is -1.28. The molecular weight excluding hydrogens is 289 g/mol. The molecule has 4 heteroatoms. The van der Waals surface area contributed by atoms with E-state index in [1.54, 1.807) is 12.1 Å². The summed E-state index contributed by atoms with van der Waals surface area (Å²) in [6, 6.07) is 12.3. The molecule has 0 bridgehead atoms. The normalized spacial score (nSPS) is 16.7. The molecule has 1 nitrogen and oxygen atoms in total. The first-order valence-corrected chi connectivity index (χ1v) is 6.95. The van der Waals surface area contributed by atoms with E-state index < -0.39 is 11.7 Å². The monoisotopic (exact) mass is 302 g/mol. The average Bonchev–Trinajstić information content (AvgIpc) is 2.50. The topological polar surface area (TPSA) is 17.1 Å². The number of carbonyl (C=O) groups excluding carboxylic acids is 1. The van der Waals surface area contributed by atoms with Gasteiger partial charge in [0.2, 0.25) is 0 Å². The number of hydrogen-bond acceptors (Lipinski definition) is 1. The maximum Gasteiger partial charge on any atom is 0.416 e. The van der Waals surface area contributed by atoms with Gasteiger partial charge in [0.1, 0.15) is 0 Å². The van der Waals surface area contributed by atoms with E-state index in [-0.39, 0.29) is 5.78 Å². The van der Waals surface area contributed by atoms with Crippen molar-refractivity contribution in [2.45, 2.75) is 19.0 Å². The predicted octanol–water partition coefficient (Wildman–Crippen LogP) is 4.92. The molecule has 0 aliphatic heterocycles. The number of halogens is 3. The standard InChI is InChI=1S/C18H13F3O/c19-18(20,21)15-9-5-12(6-10-15)11-14-8-7-13-3-1-2-4-16(13)17(14)22/h1-6,9-11H,7-8H2/b14-11+. The number of aryl methyl sites for hydroxylation is 1. The Labute approximate surface area is 126 Å². The molecule has 0 unspecified atom stereocenters. The fourth-order valence-corrected chi connectivity index (χ4v) is 2.62. The second-order valence-electron chi connectivity index (χ2n) is 5.28. The molecule has 0 N–H and O–H groups in total. The van der Waals surface area contributed by atoms with Gasteiger partial charge >= 0.3 is 6.18 Å². The number of hydrogen-bond donors (Lipinski definition) is 0. The highest BCUT2D eigenvalue weighted by atomic mass is 19.4. The van der Waals surface area contributed by atoms with Gasteiger partial charge < -0.3 is 0 Å². The minimum atomic E-state index is -4.34. The van der Waals surface area contributed by atoms with E-state index in [4.69, 9.17) is 0 Å². The first-order chi connectivity index (χ1) is 10.4. The lowest BCUT2D eigenvalue weighted by Gasteiger charge is -2.17. The molecule has 0 atom stereocenters. The minimum absolute atomic E-state index is 0.0400. The van der Waals surface area contributed by atoms with Crippen molar-refractivity contribution in [3.63, 3.8) is 0 Å². The summed E-state index contributed by atoms with van der Waals surface area (Å²) in [5.41, 5.74) is 2.27. The number of ketones is 1. The molecule has 0 saturated heterocycles. The Hall–Kier alpha value is -2.36. The van der Waals surface area contributed by atoms with Crippen molar-refractivity contribution < 1.29 is 18.0 Å². The minimum Gasteiger partial charge on any atom is -0.289 e. The number of benzene rings is 2. The lowest BCUT2D eigenvalue weighted by atomic mass is 9.86. The van der Waals surface area contributed by atoms with Crippen LogP contribution in [0, 0.1) is 0 Å². The zero-order valence-corrected chi connectivity index (χ0v) is 11.7. The first-order valence-electron chi connectivity index (χ1n) is 6.95. The number of carbonyl (C=O) groups is 1. The van der Waals surface area contributed by atoms with Crippen molar-refractivity contribution in [1.82, 2.24) is 0 Å². The molecule has 0 heterocycles. The van der Waals surface area contributed by atoms with Gasteiger partial charge in [0.05, 0.1) is 5.56 Å². The van der Waals surface area contributed by atoms with E-state index in [1.807, 2.05) is 18.2 Å². The third-order valence-electron chi connectivity index (χ3n) is 3.80. The third-order valence-corrected chi connectivity index (χ3v) is 3.80. The smallest absolute Gasteiger partial charge is 0.289 e. The molecular formula is C18H13F3O. The van der Waals surface area contributed by atoms with Crippen LogP contribution in [0.4, 0.5) is 13.2 Å². The molecule has 0 fully saturated rings. The van der Waals surface area contributed by atoms with E-state index in [0.717, 1.165) is 24.1 Å². The summed E-state index contributed by atoms with van der Waals surface area (Å²) < 4.78 is 37.6. The molecule has 0 saturated carbocycles. The van der Waals surface area contributed by atoms with Gasteiger partial charge in [0.15, 0.2) is 5.78 Å². The quantitative estimate of drug-likeness (QED) is 0.683. The van der Waals surface area contributed by atoms with E-state index >= 15 is 0 Å². The van der Waals surface area contributed by atoms with Crippen LogP contribution in [0.2, 0.25) is 0 Å². The first kappa shape index (κ1) is 14.6. The molecule has 0 radical (unpaired) electrons. The van der Waals surface area contributed by atoms with Crippen molar-refractivity contribution in [2.24, 2.45) is 0 Å². The van der Waals surface area contributed by atoms with Crippen LogP contribution >= 0.6 is 0 Å². The summed E-state index contributed by atoms with van der Waals surface area (Å²) in [5.74, 6) is -0.0400. The van der Waals surface area contributed by atoms with Crippen molar-refractivity contribution >= 4 is 11.9 Å². The highest BCUT2D eigenvalue weighted by Gasteiger charge is 2.30. The Kier molecular flexibility index (Phi) is 3.61. The zero-order chi connectivity index (χ0) is 15.7. The fourth-order valence-electron chi connectivity index (χ4n) is 2.62. The number of rotatable bonds is 1. The van der Waals surface area contributed by atoms with Gasteiger partial charge in [-0.15, -0.1) is 0 Å². The highest BCUT2D eigenvalue weighted by molar-refractivity contribution is 6.13. The second kappa shape index (κ2) is 5.44. The summed E-state index contributed by atoms with van der Waals surface area (Å²) in [6.45, 7) is 0. The fraction of sp³-hybridized carbons (Fsp3) is 0.167. The maximum absolute atomic E-state index is 12.5. The van der Waals surface area contributed by atoms with E-state index in [2.05, 4.69) is 0 Å². The van der Waals surface area contributed by atoms with Gasteiger partial charge in [0.25, 0.3) is 0 Å². The lowest BCUT2D eigenvalue weighted by molar-refractivity contribution is -0.137. The average molecular weight is 302 g/mol. The molecule has 2 aromatic rings. The Morgan fingerprint density at radius 3 is 2.27 bits per heavy atom. The van der Waals surface area contributed by atoms with E-state index in [0.29, 0.717) is 23.1 Å². The summed E-state index contributed by atoms with van der Waals surface area (Å²) >= 11 is 0. The molecule has 22 heavy (non-hydrogen) atoms. The number of allylic oxidation sites excluding steroid dienone is 1. The van der Waals surface area contributed by atoms with E-state index in [9.17, 15) is 18.0 Å². The number of fused-ring (bicyclic) bond motifs is 1. The van der Waals surface area contributed by atoms with Crippen LogP contribution in [0.5, 0.6) is 0 Å². The molecule has 3 rings (SSSR count). The molecule has 0 spiro atoms. The van der Waals surface area contributed by atoms with Crippen molar-refractivity contribution in [1.29, 1.82) is 0 Å². The Bertz CT molecular complexity index is 740. The van der Waals surface area contributed by atoms with Crippen LogP contribution < -0.4 is 0 Å². The molecule has 0 amide bonds. The van der Waals surface area contributed by atoms with Crippen LogP contribution in [-0.2, 0) is 12.6 Å². The summed E-state index contributed by atoms with van der Waals surface area (Å²) in [4.78, 5) is 12.4. The van der Waals surface area contributed by atoms with Crippen LogP contribution in [-0.4, -0.2) is 5.78 Å². The molecule has 1 aliphatic rings. The summed E-state index contributed by atoms with van der Waals surface area (Å²) in [7, 11) is 0. The molecule has 1 aliphatic carbocycles. The van der Waals surface area contributed by atoms with Crippen molar-refractivity contribution in [2.75, 3.05) is 0 Å². The zero-order valence-electron chi connectivity index (χ0n) is 11.7. The van der Waals surface area contributed by atoms with Crippen molar-refractivity contribution in [3.05, 3.63) is 76.4 Å². The highest BCUT2D eigenvalue weighted by Crippen LogP contribution is 2.30. The molecule has 0 aromatic heterocycles. The third kappa shape index (κ3) is 2.82. The SMILES string of the molecule is O=C1/C(=C/c2ccc(C(F)(F)F)cc2)CCc2ccccc21. The largest absolute Gasteiger partial charge is 0.416 e. The predicted molar refractivity (Wildman–Crippen MR) is 78.5 cm³/mol. The Balaban J connectivity index is 1.89. The van der Waals surface area contributed by atoms with Gasteiger partial charge in [-0.05, 0) is 42.2 Å². The van der Waals surface area contributed by atoms with Gasteiger partial charge in [-0.3, -0.25) is 4.79 Å². The second-order valence-corrected chi connectivity index (χ2v) is 5.28.